The Morgan fingerprint density at radius 3 is 0.932 bits per heavy atom. The molecule has 0 aromatic heterocycles. The summed E-state index contributed by atoms with van der Waals surface area (Å²) in [7, 11) is 0. The fourth-order valence-electron chi connectivity index (χ4n) is 5.33. The highest BCUT2D eigenvalue weighted by molar-refractivity contribution is 7.80. The van der Waals surface area contributed by atoms with E-state index in [9.17, 15) is 0 Å². The molecule has 0 radical (unpaired) electrons. The van der Waals surface area contributed by atoms with Crippen molar-refractivity contribution in [1.29, 1.82) is 0 Å². The van der Waals surface area contributed by atoms with Crippen molar-refractivity contribution < 1.29 is 0 Å². The van der Waals surface area contributed by atoms with Crippen molar-refractivity contribution in [2.45, 2.75) is 12.8 Å². The van der Waals surface area contributed by atoms with Gasteiger partial charge in [0.25, 0.3) is 0 Å². The number of nitrogens with zero attached hydrogens (tertiary/aromatic N) is 2. The topological polar surface area (TPSA) is 6.48 Å². The van der Waals surface area contributed by atoms with Crippen LogP contribution in [0.5, 0.6) is 0 Å². The molecule has 4 heteroatoms. The zero-order valence-corrected chi connectivity index (χ0v) is 25.9. The molecule has 0 bridgehead atoms. The second-order valence-electron chi connectivity index (χ2n) is 10.5. The van der Waals surface area contributed by atoms with E-state index in [-0.39, 0.29) is 0 Å². The zero-order valence-electron chi connectivity index (χ0n) is 24.3. The lowest BCUT2D eigenvalue weighted by Gasteiger charge is -2.26. The third-order valence-corrected chi connectivity index (χ3v) is 8.16. The molecular formula is C40H32N2S2. The maximum atomic E-state index is 6.00. The molecule has 0 aliphatic heterocycles. The summed E-state index contributed by atoms with van der Waals surface area (Å²) in [4.78, 5) is 6.04. The van der Waals surface area contributed by atoms with Crippen LogP contribution in [0.15, 0.2) is 170 Å². The highest BCUT2D eigenvalue weighted by Crippen LogP contribution is 2.32. The molecule has 0 saturated carbocycles. The summed E-state index contributed by atoms with van der Waals surface area (Å²) in [5.74, 6) is 0. The van der Waals surface area contributed by atoms with Crippen molar-refractivity contribution >= 4 is 57.2 Å². The quantitative estimate of drug-likeness (QED) is 0.151. The maximum Gasteiger partial charge on any atom is 0.0913 e. The molecule has 214 valence electrons. The molecule has 0 unspecified atom stereocenters. The van der Waals surface area contributed by atoms with Gasteiger partial charge in [-0.05, 0) is 70.8 Å². The predicted molar refractivity (Wildman–Crippen MR) is 195 cm³/mol. The molecule has 0 spiro atoms. The van der Waals surface area contributed by atoms with E-state index < -0.39 is 0 Å². The fourth-order valence-corrected chi connectivity index (χ4v) is 6.09. The van der Waals surface area contributed by atoms with Gasteiger partial charge in [0.1, 0.15) is 0 Å². The van der Waals surface area contributed by atoms with Crippen LogP contribution >= 0.6 is 24.4 Å². The van der Waals surface area contributed by atoms with E-state index >= 15 is 0 Å². The van der Waals surface area contributed by atoms with E-state index in [1.165, 1.54) is 11.1 Å². The first-order chi connectivity index (χ1) is 21.7. The maximum absolute atomic E-state index is 6.00. The number of benzene rings is 6. The summed E-state index contributed by atoms with van der Waals surface area (Å²) in [5, 5.41) is 0. The Hall–Kier alpha value is -4.90. The minimum absolute atomic E-state index is 0.693. The van der Waals surface area contributed by atoms with Gasteiger partial charge in [-0.2, -0.15) is 0 Å². The van der Waals surface area contributed by atoms with Crippen molar-refractivity contribution in [3.63, 3.8) is 0 Å². The van der Waals surface area contributed by atoms with E-state index in [1.54, 1.807) is 0 Å². The molecule has 6 rings (SSSR count). The molecule has 44 heavy (non-hydrogen) atoms. The first-order valence-corrected chi connectivity index (χ1v) is 15.5. The van der Waals surface area contributed by atoms with Crippen molar-refractivity contribution in [1.82, 2.24) is 0 Å². The Morgan fingerprint density at radius 1 is 0.341 bits per heavy atom. The molecular weight excluding hydrogens is 573 g/mol. The second kappa shape index (κ2) is 14.0. The van der Waals surface area contributed by atoms with Gasteiger partial charge in [0.05, 0.1) is 9.98 Å². The zero-order chi connectivity index (χ0) is 30.1. The molecule has 0 aliphatic carbocycles. The van der Waals surface area contributed by atoms with Crippen LogP contribution in [0, 0.1) is 0 Å². The van der Waals surface area contributed by atoms with Gasteiger partial charge in [-0.1, -0.05) is 146 Å². The smallest absolute Gasteiger partial charge is 0.0913 e. The summed E-state index contributed by atoms with van der Waals surface area (Å²) in [6.07, 6.45) is 1.39. The predicted octanol–water partition coefficient (Wildman–Crippen LogP) is 10.8. The van der Waals surface area contributed by atoms with Gasteiger partial charge in [-0.25, -0.2) is 0 Å². The van der Waals surface area contributed by atoms with Gasteiger partial charge in [-0.3, -0.25) is 0 Å². The Labute approximate surface area is 270 Å². The average Bonchev–Trinajstić information content (AvgIpc) is 3.08. The minimum Gasteiger partial charge on any atom is -0.304 e. The summed E-state index contributed by atoms with van der Waals surface area (Å²) in [5.41, 5.74) is 8.86. The normalized spacial score (nSPS) is 10.6. The minimum atomic E-state index is 0.693. The monoisotopic (exact) mass is 604 g/mol. The lowest BCUT2D eigenvalue weighted by atomic mass is 10.0. The molecule has 2 nitrogen and oxygen atoms in total. The van der Waals surface area contributed by atoms with E-state index in [4.69, 9.17) is 24.4 Å². The summed E-state index contributed by atoms with van der Waals surface area (Å²) in [6.45, 7) is 0. The third kappa shape index (κ3) is 7.00. The largest absolute Gasteiger partial charge is 0.304 e. The highest BCUT2D eigenvalue weighted by Gasteiger charge is 2.17. The van der Waals surface area contributed by atoms with E-state index in [0.29, 0.717) is 12.8 Å². The Balaban J connectivity index is 1.25. The van der Waals surface area contributed by atoms with E-state index in [2.05, 4.69) is 131 Å². The molecule has 0 atom stereocenters. The summed E-state index contributed by atoms with van der Waals surface area (Å²) < 4.78 is 0. The lowest BCUT2D eigenvalue weighted by molar-refractivity contribution is 1.26. The third-order valence-electron chi connectivity index (χ3n) is 7.51. The van der Waals surface area contributed by atoms with Gasteiger partial charge in [0, 0.05) is 35.6 Å². The van der Waals surface area contributed by atoms with Crippen LogP contribution in [0.2, 0.25) is 0 Å². The number of hydrogen-bond donors (Lipinski definition) is 0. The molecule has 0 saturated heterocycles. The molecule has 0 fully saturated rings. The van der Waals surface area contributed by atoms with E-state index in [1.807, 2.05) is 48.5 Å². The molecule has 0 aliphatic rings. The second-order valence-corrected chi connectivity index (χ2v) is 11.5. The van der Waals surface area contributed by atoms with Crippen LogP contribution in [-0.2, 0) is 12.8 Å². The van der Waals surface area contributed by atoms with Gasteiger partial charge in [-0.15, -0.1) is 0 Å². The first kappa shape index (κ1) is 29.2. The standard InChI is InChI=1S/C40H32N2S2/c43-39(29-31-13-5-1-6-14-31)41(35-17-9-3-10-18-35)37-25-21-33(22-26-37)34-23-27-38(28-24-34)42(36-19-11-4-12-20-36)40(44)30-32-15-7-2-8-16-32/h1-28H,29-30H2. The van der Waals surface area contributed by atoms with Gasteiger partial charge in [0.15, 0.2) is 0 Å². The van der Waals surface area contributed by atoms with Crippen molar-refractivity contribution in [2.24, 2.45) is 0 Å². The molecule has 6 aromatic carbocycles. The van der Waals surface area contributed by atoms with Crippen LogP contribution in [0.25, 0.3) is 11.1 Å². The van der Waals surface area contributed by atoms with Gasteiger partial charge in [0.2, 0.25) is 0 Å². The summed E-state index contributed by atoms with van der Waals surface area (Å²) >= 11 is 12.0. The highest BCUT2D eigenvalue weighted by atomic mass is 32.1. The van der Waals surface area contributed by atoms with Crippen LogP contribution in [0.3, 0.4) is 0 Å². The number of thiocarbonyl (C=S) groups is 2. The average molecular weight is 605 g/mol. The van der Waals surface area contributed by atoms with Crippen LogP contribution in [-0.4, -0.2) is 9.98 Å². The molecule has 0 heterocycles. The van der Waals surface area contributed by atoms with Crippen molar-refractivity contribution in [3.05, 3.63) is 181 Å². The lowest BCUT2D eigenvalue weighted by Crippen LogP contribution is -2.26. The molecule has 0 N–H and O–H groups in total. The van der Waals surface area contributed by atoms with Gasteiger partial charge >= 0.3 is 0 Å². The van der Waals surface area contributed by atoms with Crippen LogP contribution in [0.4, 0.5) is 22.7 Å². The Bertz CT molecular complexity index is 1670. The number of rotatable bonds is 9. The number of hydrogen-bond acceptors (Lipinski definition) is 2. The SMILES string of the molecule is S=C(Cc1ccccc1)N(c1ccccc1)c1ccc(-c2ccc(N(C(=S)Cc3ccccc3)c3ccccc3)cc2)cc1. The van der Waals surface area contributed by atoms with Gasteiger partial charge < -0.3 is 9.80 Å². The van der Waals surface area contributed by atoms with Crippen molar-refractivity contribution in [2.75, 3.05) is 9.80 Å². The molecule has 6 aromatic rings. The Kier molecular flexibility index (Phi) is 9.32. The number of para-hydroxylation sites is 2. The number of anilines is 4. The van der Waals surface area contributed by atoms with Crippen molar-refractivity contribution in [3.8, 4) is 11.1 Å². The van der Waals surface area contributed by atoms with Crippen LogP contribution < -0.4 is 9.80 Å². The molecule has 0 amide bonds. The first-order valence-electron chi connectivity index (χ1n) is 14.7. The fraction of sp³-hybridized carbons (Fsp3) is 0.0500. The summed E-state index contributed by atoms with van der Waals surface area (Å²) in [6, 6.07) is 58.7. The van der Waals surface area contributed by atoms with E-state index in [0.717, 1.165) is 43.9 Å². The van der Waals surface area contributed by atoms with Crippen LogP contribution in [0.1, 0.15) is 11.1 Å². The Morgan fingerprint density at radius 2 is 0.614 bits per heavy atom.